The molecule has 1 heterocycles. The molecule has 0 radical (unpaired) electrons. The second-order valence-electron chi connectivity index (χ2n) is 4.21. The number of amides is 1. The van der Waals surface area contributed by atoms with Crippen molar-refractivity contribution in [2.45, 2.75) is 18.9 Å². The molecule has 1 aromatic rings. The number of methoxy groups -OCH3 is 1. The second-order valence-corrected chi connectivity index (χ2v) is 4.21. The summed E-state index contributed by atoms with van der Waals surface area (Å²) in [6, 6.07) is 6.54. The summed E-state index contributed by atoms with van der Waals surface area (Å²) in [4.78, 5) is 23.1. The van der Waals surface area contributed by atoms with Gasteiger partial charge in [-0.05, 0) is 43.7 Å². The average Bonchev–Trinajstić information content (AvgIpc) is 2.92. The normalized spacial score (nSPS) is 18.4. The molecule has 18 heavy (non-hydrogen) atoms. The van der Waals surface area contributed by atoms with Gasteiger partial charge in [-0.25, -0.2) is 4.79 Å². The number of nitrogens with one attached hydrogen (secondary N) is 2. The van der Waals surface area contributed by atoms with Gasteiger partial charge in [0, 0.05) is 5.69 Å². The fraction of sp³-hybridized carbons (Fsp3) is 0.385. The number of carbonyl (C=O) groups excluding carboxylic acids is 2. The van der Waals surface area contributed by atoms with E-state index >= 15 is 0 Å². The number of hydrogen-bond donors (Lipinski definition) is 2. The summed E-state index contributed by atoms with van der Waals surface area (Å²) in [5.74, 6) is -0.413. The summed E-state index contributed by atoms with van der Waals surface area (Å²) in [6.07, 6.45) is 1.89. The van der Waals surface area contributed by atoms with Gasteiger partial charge >= 0.3 is 5.97 Å². The molecule has 0 bridgehead atoms. The molecule has 1 atom stereocenters. The Balaban J connectivity index is 1.97. The molecule has 0 aromatic heterocycles. The zero-order valence-electron chi connectivity index (χ0n) is 10.2. The fourth-order valence-electron chi connectivity index (χ4n) is 1.95. The predicted molar refractivity (Wildman–Crippen MR) is 67.4 cm³/mol. The molecule has 96 valence electrons. The standard InChI is InChI=1S/C13H16N2O3/c1-18-13(17)9-4-6-10(7-5-9)15-12(16)11-3-2-8-14-11/h4-7,11,14H,2-3,8H2,1H3,(H,15,16)/t11-/m1/s1. The van der Waals surface area contributed by atoms with Crippen molar-refractivity contribution in [2.75, 3.05) is 19.0 Å². The molecule has 1 saturated heterocycles. The first kappa shape index (κ1) is 12.6. The van der Waals surface area contributed by atoms with Crippen molar-refractivity contribution in [1.29, 1.82) is 0 Å². The van der Waals surface area contributed by atoms with Crippen LogP contribution in [0.4, 0.5) is 5.69 Å². The highest BCUT2D eigenvalue weighted by Crippen LogP contribution is 2.13. The molecule has 0 aliphatic carbocycles. The second kappa shape index (κ2) is 5.64. The lowest BCUT2D eigenvalue weighted by Gasteiger charge is -2.11. The lowest BCUT2D eigenvalue weighted by molar-refractivity contribution is -0.117. The van der Waals surface area contributed by atoms with Gasteiger partial charge < -0.3 is 15.4 Å². The van der Waals surface area contributed by atoms with Crippen LogP contribution in [0.2, 0.25) is 0 Å². The Morgan fingerprint density at radius 2 is 2.06 bits per heavy atom. The topological polar surface area (TPSA) is 67.4 Å². The van der Waals surface area contributed by atoms with Crippen molar-refractivity contribution >= 4 is 17.6 Å². The van der Waals surface area contributed by atoms with E-state index in [-0.39, 0.29) is 17.9 Å². The van der Waals surface area contributed by atoms with E-state index < -0.39 is 0 Å². The number of carbonyl (C=O) groups is 2. The van der Waals surface area contributed by atoms with Crippen LogP contribution in [-0.4, -0.2) is 31.6 Å². The summed E-state index contributed by atoms with van der Waals surface area (Å²) < 4.78 is 4.60. The van der Waals surface area contributed by atoms with Gasteiger partial charge in [0.05, 0.1) is 18.7 Å². The summed E-state index contributed by atoms with van der Waals surface area (Å²) in [6.45, 7) is 0.888. The van der Waals surface area contributed by atoms with Crippen LogP contribution >= 0.6 is 0 Å². The third kappa shape index (κ3) is 2.87. The van der Waals surface area contributed by atoms with Crippen molar-refractivity contribution in [3.05, 3.63) is 29.8 Å². The van der Waals surface area contributed by atoms with E-state index in [1.54, 1.807) is 24.3 Å². The summed E-state index contributed by atoms with van der Waals surface area (Å²) in [5.41, 5.74) is 1.15. The van der Waals surface area contributed by atoms with Crippen LogP contribution in [0.25, 0.3) is 0 Å². The third-order valence-electron chi connectivity index (χ3n) is 2.95. The molecule has 1 aliphatic rings. The van der Waals surface area contributed by atoms with Crippen LogP contribution in [0, 0.1) is 0 Å². The Bertz CT molecular complexity index is 436. The van der Waals surface area contributed by atoms with Crippen molar-refractivity contribution in [1.82, 2.24) is 5.32 Å². The van der Waals surface area contributed by atoms with Gasteiger partial charge in [-0.1, -0.05) is 0 Å². The van der Waals surface area contributed by atoms with Crippen molar-refractivity contribution in [3.8, 4) is 0 Å². The summed E-state index contributed by atoms with van der Waals surface area (Å²) in [5, 5.41) is 5.94. The van der Waals surface area contributed by atoms with Crippen molar-refractivity contribution in [2.24, 2.45) is 0 Å². The third-order valence-corrected chi connectivity index (χ3v) is 2.95. The van der Waals surface area contributed by atoms with E-state index in [1.165, 1.54) is 7.11 Å². The highest BCUT2D eigenvalue weighted by Gasteiger charge is 2.21. The van der Waals surface area contributed by atoms with Crippen molar-refractivity contribution in [3.63, 3.8) is 0 Å². The van der Waals surface area contributed by atoms with E-state index in [4.69, 9.17) is 0 Å². The molecule has 1 amide bonds. The largest absolute Gasteiger partial charge is 0.465 e. The molecule has 2 N–H and O–H groups in total. The molecular weight excluding hydrogens is 232 g/mol. The van der Waals surface area contributed by atoms with E-state index in [9.17, 15) is 9.59 Å². The maximum atomic E-state index is 11.8. The van der Waals surface area contributed by atoms with Crippen LogP contribution in [0.15, 0.2) is 24.3 Å². The monoisotopic (exact) mass is 248 g/mol. The maximum Gasteiger partial charge on any atom is 0.337 e. The van der Waals surface area contributed by atoms with Crippen LogP contribution in [0.5, 0.6) is 0 Å². The zero-order chi connectivity index (χ0) is 13.0. The Kier molecular flexibility index (Phi) is 3.94. The van der Waals surface area contributed by atoms with Crippen LogP contribution in [-0.2, 0) is 9.53 Å². The molecule has 5 heteroatoms. The SMILES string of the molecule is COC(=O)c1ccc(NC(=O)[C@H]2CCCN2)cc1. The first-order valence-electron chi connectivity index (χ1n) is 5.93. The van der Waals surface area contributed by atoms with E-state index in [0.29, 0.717) is 11.3 Å². The number of benzene rings is 1. The van der Waals surface area contributed by atoms with Gasteiger partial charge in [0.15, 0.2) is 0 Å². The zero-order valence-corrected chi connectivity index (χ0v) is 10.2. The average molecular weight is 248 g/mol. The fourth-order valence-corrected chi connectivity index (χ4v) is 1.95. The van der Waals surface area contributed by atoms with E-state index in [2.05, 4.69) is 15.4 Å². The van der Waals surface area contributed by atoms with Crippen LogP contribution in [0.1, 0.15) is 23.2 Å². The number of hydrogen-bond acceptors (Lipinski definition) is 4. The lowest BCUT2D eigenvalue weighted by atomic mass is 10.2. The maximum absolute atomic E-state index is 11.8. The number of anilines is 1. The Morgan fingerprint density at radius 1 is 1.33 bits per heavy atom. The molecule has 1 aromatic carbocycles. The molecule has 2 rings (SSSR count). The van der Waals surface area contributed by atoms with E-state index in [0.717, 1.165) is 19.4 Å². The Labute approximate surface area is 106 Å². The number of esters is 1. The predicted octanol–water partition coefficient (Wildman–Crippen LogP) is 1.16. The van der Waals surface area contributed by atoms with Gasteiger partial charge in [-0.15, -0.1) is 0 Å². The van der Waals surface area contributed by atoms with E-state index in [1.807, 2.05) is 0 Å². The first-order valence-corrected chi connectivity index (χ1v) is 5.93. The molecule has 1 aliphatic heterocycles. The first-order chi connectivity index (χ1) is 8.70. The highest BCUT2D eigenvalue weighted by molar-refractivity contribution is 5.96. The molecule has 0 saturated carbocycles. The van der Waals surface area contributed by atoms with Gasteiger partial charge in [0.2, 0.25) is 5.91 Å². The Morgan fingerprint density at radius 3 is 2.61 bits per heavy atom. The molecular formula is C13H16N2O3. The number of ether oxygens (including phenoxy) is 1. The van der Waals surface area contributed by atoms with Crippen molar-refractivity contribution < 1.29 is 14.3 Å². The van der Waals surface area contributed by atoms with Gasteiger partial charge in [-0.3, -0.25) is 4.79 Å². The molecule has 0 unspecified atom stereocenters. The highest BCUT2D eigenvalue weighted by atomic mass is 16.5. The van der Waals surface area contributed by atoms with Crippen LogP contribution < -0.4 is 10.6 Å². The minimum atomic E-state index is -0.384. The smallest absolute Gasteiger partial charge is 0.337 e. The minimum absolute atomic E-state index is 0.0293. The van der Waals surface area contributed by atoms with Crippen LogP contribution in [0.3, 0.4) is 0 Å². The summed E-state index contributed by atoms with van der Waals surface area (Å²) in [7, 11) is 1.34. The Hall–Kier alpha value is -1.88. The summed E-state index contributed by atoms with van der Waals surface area (Å²) >= 11 is 0. The lowest BCUT2D eigenvalue weighted by Crippen LogP contribution is -2.35. The minimum Gasteiger partial charge on any atom is -0.465 e. The molecule has 5 nitrogen and oxygen atoms in total. The number of rotatable bonds is 3. The quantitative estimate of drug-likeness (QED) is 0.788. The van der Waals surface area contributed by atoms with Gasteiger partial charge in [-0.2, -0.15) is 0 Å². The molecule has 1 fully saturated rings. The molecule has 0 spiro atoms. The van der Waals surface area contributed by atoms with Gasteiger partial charge in [0.25, 0.3) is 0 Å². The van der Waals surface area contributed by atoms with Gasteiger partial charge in [0.1, 0.15) is 0 Å².